The van der Waals surface area contributed by atoms with E-state index in [9.17, 15) is 24.1 Å². The zero-order chi connectivity index (χ0) is 32.8. The van der Waals surface area contributed by atoms with Gasteiger partial charge in [0.15, 0.2) is 5.85 Å². The summed E-state index contributed by atoms with van der Waals surface area (Å²) in [7, 11) is -4.45. The van der Waals surface area contributed by atoms with Crippen molar-refractivity contribution >= 4 is 25.4 Å². The van der Waals surface area contributed by atoms with Crippen molar-refractivity contribution < 1.29 is 42.6 Å². The number of nitrogens with zero attached hydrogens (tertiary/aromatic N) is 1. The van der Waals surface area contributed by atoms with Gasteiger partial charge in [-0.2, -0.15) is 0 Å². The highest BCUT2D eigenvalue weighted by molar-refractivity contribution is 7.54. The monoisotopic (exact) mass is 652 g/mol. The van der Waals surface area contributed by atoms with Crippen LogP contribution in [0.25, 0.3) is 0 Å². The van der Waals surface area contributed by atoms with Crippen LogP contribution in [0.1, 0.15) is 53.6 Å². The number of esters is 1. The van der Waals surface area contributed by atoms with E-state index >= 15 is 0 Å². The Kier molecular flexibility index (Phi) is 13.5. The number of ether oxygens (including phenoxy) is 2. The van der Waals surface area contributed by atoms with Crippen LogP contribution in [0.4, 0.5) is 0 Å². The minimum absolute atomic E-state index is 0.0534. The fraction of sp³-hybridized carbons (Fsp3) is 0.382. The molecule has 11 nitrogen and oxygen atoms in total. The summed E-state index contributed by atoms with van der Waals surface area (Å²) in [6.07, 6.45) is 0.717. The van der Waals surface area contributed by atoms with Crippen molar-refractivity contribution in [3.8, 4) is 0 Å². The summed E-state index contributed by atoms with van der Waals surface area (Å²) in [5.74, 6) is -3.64. The molecule has 1 fully saturated rings. The Labute approximate surface area is 269 Å². The molecule has 12 heteroatoms. The van der Waals surface area contributed by atoms with Gasteiger partial charge in [-0.1, -0.05) is 78.9 Å². The van der Waals surface area contributed by atoms with Crippen LogP contribution in [0.15, 0.2) is 91.0 Å². The molecule has 3 aromatic carbocycles. The lowest BCUT2D eigenvalue weighted by molar-refractivity contribution is -0.151. The molecule has 1 saturated heterocycles. The van der Waals surface area contributed by atoms with Crippen molar-refractivity contribution in [3.63, 3.8) is 0 Å². The molecule has 0 radical (unpaired) electrons. The molecule has 0 aliphatic carbocycles. The molecule has 0 spiro atoms. The average molecular weight is 653 g/mol. The molecule has 2 unspecified atom stereocenters. The van der Waals surface area contributed by atoms with E-state index < -0.39 is 50.2 Å². The first-order valence-corrected chi connectivity index (χ1v) is 17.0. The fourth-order valence-electron chi connectivity index (χ4n) is 5.18. The number of aliphatic carboxylic acids is 1. The van der Waals surface area contributed by atoms with Gasteiger partial charge in [0.05, 0.1) is 12.2 Å². The molecular formula is C34H41N2O9P. The first-order valence-electron chi connectivity index (χ1n) is 15.4. The molecule has 0 bridgehead atoms. The fourth-order valence-corrected chi connectivity index (χ4v) is 6.99. The second kappa shape index (κ2) is 17.7. The quantitative estimate of drug-likeness (QED) is 0.0792. The third kappa shape index (κ3) is 10.1. The molecule has 46 heavy (non-hydrogen) atoms. The number of carbonyl (C=O) groups is 3. The highest BCUT2D eigenvalue weighted by Gasteiger charge is 2.45. The number of hydrogen-bond acceptors (Lipinski definition) is 9. The van der Waals surface area contributed by atoms with Gasteiger partial charge in [0.1, 0.15) is 12.1 Å². The number of carbonyl (C=O) groups excluding carboxylic acids is 2. The van der Waals surface area contributed by atoms with Gasteiger partial charge in [-0.05, 0) is 61.9 Å². The van der Waals surface area contributed by atoms with Crippen LogP contribution < -0.4 is 5.73 Å². The Morgan fingerprint density at radius 1 is 0.913 bits per heavy atom. The zero-order valence-electron chi connectivity index (χ0n) is 25.6. The summed E-state index contributed by atoms with van der Waals surface area (Å²) < 4.78 is 38.5. The molecule has 3 aromatic rings. The second-order valence-corrected chi connectivity index (χ2v) is 13.1. The summed E-state index contributed by atoms with van der Waals surface area (Å²) in [6.45, 7) is -0.0961. The number of rotatable bonds is 18. The summed E-state index contributed by atoms with van der Waals surface area (Å²) in [5.41, 5.74) is 7.56. The SMILES string of the molecule is NCCCC[C@H](OP(=O)(OCOC(=O)c1ccccc1)C(Cc1ccccc1)OCc1ccccc1)C(=O)N1CCC[C@H]1C(=O)O. The molecule has 1 aliphatic heterocycles. The first-order chi connectivity index (χ1) is 22.3. The lowest BCUT2D eigenvalue weighted by Crippen LogP contribution is -2.46. The molecule has 3 N–H and O–H groups in total. The molecule has 0 saturated carbocycles. The Hall–Kier alpha value is -3.86. The largest absolute Gasteiger partial charge is 0.480 e. The third-order valence-electron chi connectivity index (χ3n) is 7.61. The van der Waals surface area contributed by atoms with Crippen molar-refractivity contribution in [2.24, 2.45) is 5.73 Å². The molecule has 1 heterocycles. The Morgan fingerprint density at radius 3 is 2.17 bits per heavy atom. The number of hydrogen-bond donors (Lipinski definition) is 2. The molecule has 1 aliphatic rings. The van der Waals surface area contributed by atoms with E-state index in [0.29, 0.717) is 32.2 Å². The minimum atomic E-state index is -4.45. The Morgan fingerprint density at radius 2 is 1.54 bits per heavy atom. The number of nitrogens with two attached hydrogens (primary N) is 1. The lowest BCUT2D eigenvalue weighted by Gasteiger charge is -2.32. The van der Waals surface area contributed by atoms with Gasteiger partial charge in [-0.3, -0.25) is 18.4 Å². The van der Waals surface area contributed by atoms with Crippen LogP contribution in [0.3, 0.4) is 0 Å². The van der Waals surface area contributed by atoms with Crippen molar-refractivity contribution in [2.45, 2.75) is 63.1 Å². The Bertz CT molecular complexity index is 1440. The maximum Gasteiger partial charge on any atom is 0.363 e. The smallest absolute Gasteiger partial charge is 0.363 e. The lowest BCUT2D eigenvalue weighted by atomic mass is 10.1. The van der Waals surface area contributed by atoms with E-state index in [0.717, 1.165) is 11.1 Å². The number of likely N-dealkylation sites (tertiary alicyclic amines) is 1. The van der Waals surface area contributed by atoms with E-state index in [1.807, 2.05) is 60.7 Å². The minimum Gasteiger partial charge on any atom is -0.480 e. The van der Waals surface area contributed by atoms with Crippen molar-refractivity contribution in [2.75, 3.05) is 19.9 Å². The predicted molar refractivity (Wildman–Crippen MR) is 171 cm³/mol. The predicted octanol–water partition coefficient (Wildman–Crippen LogP) is 5.39. The number of carboxylic acid groups (broad SMARTS) is 1. The average Bonchev–Trinajstić information content (AvgIpc) is 3.58. The van der Waals surface area contributed by atoms with E-state index in [2.05, 4.69) is 0 Å². The van der Waals surface area contributed by atoms with Crippen LogP contribution in [0, 0.1) is 0 Å². The molecule has 246 valence electrons. The van der Waals surface area contributed by atoms with Crippen LogP contribution >= 0.6 is 7.60 Å². The van der Waals surface area contributed by atoms with Gasteiger partial charge in [-0.25, -0.2) is 9.59 Å². The maximum absolute atomic E-state index is 15.0. The highest BCUT2D eigenvalue weighted by Crippen LogP contribution is 2.56. The Balaban J connectivity index is 1.65. The molecule has 0 aromatic heterocycles. The van der Waals surface area contributed by atoms with Crippen LogP contribution in [-0.2, 0) is 45.7 Å². The number of carboxylic acids is 1. The van der Waals surface area contributed by atoms with Gasteiger partial charge in [0.2, 0.25) is 6.79 Å². The summed E-state index contributed by atoms with van der Waals surface area (Å²) >= 11 is 0. The van der Waals surface area contributed by atoms with Crippen molar-refractivity contribution in [1.82, 2.24) is 4.90 Å². The second-order valence-electron chi connectivity index (χ2n) is 10.9. The van der Waals surface area contributed by atoms with E-state index in [1.165, 1.54) is 4.90 Å². The zero-order valence-corrected chi connectivity index (χ0v) is 26.5. The first kappa shape index (κ1) is 35.0. The van der Waals surface area contributed by atoms with Crippen molar-refractivity contribution in [1.29, 1.82) is 0 Å². The third-order valence-corrected chi connectivity index (χ3v) is 9.66. The number of unbranched alkanes of at least 4 members (excludes halogenated alkanes) is 1. The summed E-state index contributed by atoms with van der Waals surface area (Å²) in [5, 5.41) is 9.75. The molecular weight excluding hydrogens is 611 g/mol. The van der Waals surface area contributed by atoms with Gasteiger partial charge in [-0.15, -0.1) is 0 Å². The van der Waals surface area contributed by atoms with Gasteiger partial charge in [0.25, 0.3) is 5.91 Å². The molecule has 1 amide bonds. The summed E-state index contributed by atoms with van der Waals surface area (Å²) in [6, 6.07) is 25.7. The van der Waals surface area contributed by atoms with Crippen LogP contribution in [0.2, 0.25) is 0 Å². The van der Waals surface area contributed by atoms with E-state index in [4.69, 9.17) is 24.3 Å². The highest BCUT2D eigenvalue weighted by atomic mass is 31.2. The topological polar surface area (TPSA) is 155 Å². The van der Waals surface area contributed by atoms with Gasteiger partial charge >= 0.3 is 19.5 Å². The summed E-state index contributed by atoms with van der Waals surface area (Å²) in [4.78, 5) is 39.7. The standard InChI is InChI=1S/C34H41N2O9P/c35-21-11-10-20-30(32(37)36-22-12-19-29(36)33(38)39)45-46(41,44-25-43-34(40)28-17-8-3-9-18-28)31(23-26-13-4-1-5-14-26)42-24-27-15-6-2-7-16-27/h1-9,13-18,29-31H,10-12,19-25,35H2,(H,38,39)/t29-,30-,31?,46?/m0/s1. The van der Waals surface area contributed by atoms with E-state index in [-0.39, 0.29) is 31.6 Å². The normalized spacial score (nSPS) is 17.2. The van der Waals surface area contributed by atoms with Crippen LogP contribution in [0.5, 0.6) is 0 Å². The van der Waals surface area contributed by atoms with Crippen LogP contribution in [-0.4, -0.2) is 65.7 Å². The maximum atomic E-state index is 15.0. The molecule has 4 atom stereocenters. The number of benzene rings is 3. The van der Waals surface area contributed by atoms with Crippen molar-refractivity contribution in [3.05, 3.63) is 108 Å². The number of amides is 1. The van der Waals surface area contributed by atoms with Gasteiger partial charge in [0, 0.05) is 13.0 Å². The molecule has 4 rings (SSSR count). The van der Waals surface area contributed by atoms with E-state index in [1.54, 1.807) is 30.3 Å². The van der Waals surface area contributed by atoms with Gasteiger partial charge < -0.3 is 25.2 Å².